The molecule has 0 fully saturated rings. The maximum Gasteiger partial charge on any atom is 0.176 e. The summed E-state index contributed by atoms with van der Waals surface area (Å²) in [5, 5.41) is 0. The molecule has 0 radical (unpaired) electrons. The summed E-state index contributed by atoms with van der Waals surface area (Å²) < 4.78 is 5.64. The normalized spacial score (nSPS) is 18.8. The topological polar surface area (TPSA) is 26.3 Å². The van der Waals surface area contributed by atoms with Crippen LogP contribution < -0.4 is 4.74 Å². The van der Waals surface area contributed by atoms with Gasteiger partial charge >= 0.3 is 0 Å². The largest absolute Gasteiger partial charge is 0.482 e. The lowest BCUT2D eigenvalue weighted by Gasteiger charge is -2.11. The summed E-state index contributed by atoms with van der Waals surface area (Å²) >= 11 is 0. The Kier molecular flexibility index (Phi) is 2.51. The zero-order valence-electron chi connectivity index (χ0n) is 9.41. The van der Waals surface area contributed by atoms with Crippen LogP contribution in [-0.4, -0.2) is 11.9 Å². The number of carbonyl (C=O) groups is 1. The molecule has 1 aromatic carbocycles. The highest BCUT2D eigenvalue weighted by Crippen LogP contribution is 2.30. The molecule has 1 aliphatic rings. The molecule has 80 valence electrons. The number of hydrogen-bond acceptors (Lipinski definition) is 2. The first-order valence-corrected chi connectivity index (χ1v) is 5.38. The molecule has 1 aliphatic heterocycles. The van der Waals surface area contributed by atoms with Crippen LogP contribution in [0.1, 0.15) is 25.0 Å². The molecule has 0 aromatic heterocycles. The molecule has 15 heavy (non-hydrogen) atoms. The lowest BCUT2D eigenvalue weighted by molar-refractivity contribution is -0.128. The molecular weight excluding hydrogens is 188 g/mol. The van der Waals surface area contributed by atoms with Crippen molar-refractivity contribution in [1.82, 2.24) is 0 Å². The van der Waals surface area contributed by atoms with Gasteiger partial charge in [-0.1, -0.05) is 31.5 Å². The van der Waals surface area contributed by atoms with Gasteiger partial charge in [0.1, 0.15) is 5.75 Å². The Hall–Kier alpha value is -1.31. The molecule has 2 nitrogen and oxygen atoms in total. The van der Waals surface area contributed by atoms with Gasteiger partial charge < -0.3 is 4.74 Å². The number of ether oxygens (including phenoxy) is 1. The van der Waals surface area contributed by atoms with Crippen molar-refractivity contribution in [2.45, 2.75) is 33.3 Å². The molecule has 0 saturated heterocycles. The lowest BCUT2D eigenvalue weighted by Crippen LogP contribution is -2.29. The number of benzene rings is 1. The van der Waals surface area contributed by atoms with E-state index in [1.54, 1.807) is 0 Å². The SMILES string of the molecule is Cc1ccc2c(c1)CC(C(=O)C(C)C)O2. The second-order valence-corrected chi connectivity index (χ2v) is 4.48. The standard InChI is InChI=1S/C13H16O2/c1-8(2)13(14)12-7-10-6-9(3)4-5-11(10)15-12/h4-6,8,12H,7H2,1-3H3. The summed E-state index contributed by atoms with van der Waals surface area (Å²) in [7, 11) is 0. The third-order valence-corrected chi connectivity index (χ3v) is 2.78. The number of ketones is 1. The Balaban J connectivity index is 2.19. The summed E-state index contributed by atoms with van der Waals surface area (Å²) in [5.74, 6) is 1.12. The molecule has 1 unspecified atom stereocenters. The zero-order chi connectivity index (χ0) is 11.0. The summed E-state index contributed by atoms with van der Waals surface area (Å²) in [5.41, 5.74) is 2.38. The first-order chi connectivity index (χ1) is 7.08. The van der Waals surface area contributed by atoms with Crippen molar-refractivity contribution in [2.75, 3.05) is 0 Å². The average Bonchev–Trinajstić information content (AvgIpc) is 2.58. The van der Waals surface area contributed by atoms with E-state index in [0.717, 1.165) is 17.7 Å². The number of carbonyl (C=O) groups excluding carboxylic acids is 1. The van der Waals surface area contributed by atoms with E-state index in [-0.39, 0.29) is 17.8 Å². The predicted molar refractivity (Wildman–Crippen MR) is 59.1 cm³/mol. The molecule has 0 aliphatic carbocycles. The van der Waals surface area contributed by atoms with Gasteiger partial charge in [0.2, 0.25) is 0 Å². The number of hydrogen-bond donors (Lipinski definition) is 0. The monoisotopic (exact) mass is 204 g/mol. The maximum absolute atomic E-state index is 11.8. The van der Waals surface area contributed by atoms with Gasteiger partial charge in [-0.25, -0.2) is 0 Å². The van der Waals surface area contributed by atoms with E-state index >= 15 is 0 Å². The smallest absolute Gasteiger partial charge is 0.176 e. The van der Waals surface area contributed by atoms with Gasteiger partial charge in [-0.2, -0.15) is 0 Å². The van der Waals surface area contributed by atoms with Gasteiger partial charge in [-0.05, 0) is 18.6 Å². The lowest BCUT2D eigenvalue weighted by atomic mass is 9.99. The Morgan fingerprint density at radius 1 is 1.47 bits per heavy atom. The minimum absolute atomic E-state index is 0.0467. The van der Waals surface area contributed by atoms with Crippen molar-refractivity contribution in [3.8, 4) is 5.75 Å². The Morgan fingerprint density at radius 2 is 2.20 bits per heavy atom. The minimum atomic E-state index is -0.262. The zero-order valence-corrected chi connectivity index (χ0v) is 9.41. The molecule has 1 aromatic rings. The molecule has 2 rings (SSSR count). The molecule has 1 heterocycles. The fourth-order valence-corrected chi connectivity index (χ4v) is 1.91. The third-order valence-electron chi connectivity index (χ3n) is 2.78. The quantitative estimate of drug-likeness (QED) is 0.740. The summed E-state index contributed by atoms with van der Waals surface area (Å²) in [6.45, 7) is 5.89. The maximum atomic E-state index is 11.8. The summed E-state index contributed by atoms with van der Waals surface area (Å²) in [4.78, 5) is 11.8. The van der Waals surface area contributed by atoms with Gasteiger partial charge in [0.15, 0.2) is 11.9 Å². The van der Waals surface area contributed by atoms with Crippen molar-refractivity contribution in [3.05, 3.63) is 29.3 Å². The predicted octanol–water partition coefficient (Wildman–Crippen LogP) is 2.52. The molecule has 2 heteroatoms. The van der Waals surface area contributed by atoms with E-state index in [9.17, 15) is 4.79 Å². The van der Waals surface area contributed by atoms with E-state index in [2.05, 4.69) is 13.0 Å². The molecular formula is C13H16O2. The van der Waals surface area contributed by atoms with Crippen LogP contribution in [0.3, 0.4) is 0 Å². The molecule has 0 N–H and O–H groups in total. The van der Waals surface area contributed by atoms with Gasteiger partial charge in [0, 0.05) is 12.3 Å². The van der Waals surface area contributed by atoms with E-state index in [1.807, 2.05) is 26.0 Å². The molecule has 1 atom stereocenters. The van der Waals surface area contributed by atoms with Crippen LogP contribution in [0, 0.1) is 12.8 Å². The van der Waals surface area contributed by atoms with Gasteiger partial charge in [-0.15, -0.1) is 0 Å². The second kappa shape index (κ2) is 3.69. The van der Waals surface area contributed by atoms with Crippen LogP contribution in [0.2, 0.25) is 0 Å². The number of fused-ring (bicyclic) bond motifs is 1. The van der Waals surface area contributed by atoms with Crippen molar-refractivity contribution in [2.24, 2.45) is 5.92 Å². The fraction of sp³-hybridized carbons (Fsp3) is 0.462. The van der Waals surface area contributed by atoms with Crippen molar-refractivity contribution in [1.29, 1.82) is 0 Å². The van der Waals surface area contributed by atoms with Gasteiger partial charge in [0.25, 0.3) is 0 Å². The van der Waals surface area contributed by atoms with E-state index in [0.29, 0.717) is 0 Å². The van der Waals surface area contributed by atoms with Crippen LogP contribution in [0.5, 0.6) is 5.75 Å². The Bertz CT molecular complexity index is 394. The molecule has 0 bridgehead atoms. The molecule has 0 amide bonds. The minimum Gasteiger partial charge on any atom is -0.482 e. The number of Topliss-reactive ketones (excluding diaryl/α,β-unsaturated/α-hetero) is 1. The summed E-state index contributed by atoms with van der Waals surface area (Å²) in [6, 6.07) is 6.07. The molecule has 0 saturated carbocycles. The van der Waals surface area contributed by atoms with Crippen LogP contribution in [-0.2, 0) is 11.2 Å². The van der Waals surface area contributed by atoms with Crippen LogP contribution in [0.4, 0.5) is 0 Å². The number of aryl methyl sites for hydroxylation is 1. The highest BCUT2D eigenvalue weighted by Gasteiger charge is 2.30. The first kappa shape index (κ1) is 10.2. The van der Waals surface area contributed by atoms with Crippen molar-refractivity contribution < 1.29 is 9.53 Å². The highest BCUT2D eigenvalue weighted by atomic mass is 16.5. The second-order valence-electron chi connectivity index (χ2n) is 4.48. The van der Waals surface area contributed by atoms with Crippen LogP contribution in [0.25, 0.3) is 0 Å². The Morgan fingerprint density at radius 3 is 2.87 bits per heavy atom. The number of rotatable bonds is 2. The summed E-state index contributed by atoms with van der Waals surface area (Å²) in [6.07, 6.45) is 0.468. The molecule has 0 spiro atoms. The van der Waals surface area contributed by atoms with E-state index < -0.39 is 0 Å². The third kappa shape index (κ3) is 1.89. The van der Waals surface area contributed by atoms with E-state index in [1.165, 1.54) is 5.56 Å². The highest BCUT2D eigenvalue weighted by molar-refractivity contribution is 5.86. The van der Waals surface area contributed by atoms with Crippen LogP contribution in [0.15, 0.2) is 18.2 Å². The van der Waals surface area contributed by atoms with E-state index in [4.69, 9.17) is 4.74 Å². The Labute approximate surface area is 90.3 Å². The first-order valence-electron chi connectivity index (χ1n) is 5.38. The van der Waals surface area contributed by atoms with Crippen molar-refractivity contribution >= 4 is 5.78 Å². The average molecular weight is 204 g/mol. The van der Waals surface area contributed by atoms with Crippen molar-refractivity contribution in [3.63, 3.8) is 0 Å². The van der Waals surface area contributed by atoms with Gasteiger partial charge in [0.05, 0.1) is 0 Å². The van der Waals surface area contributed by atoms with Gasteiger partial charge in [-0.3, -0.25) is 4.79 Å². The van der Waals surface area contributed by atoms with Crippen LogP contribution >= 0.6 is 0 Å². The fourth-order valence-electron chi connectivity index (χ4n) is 1.91.